The summed E-state index contributed by atoms with van der Waals surface area (Å²) in [5, 5.41) is 0. The zero-order chi connectivity index (χ0) is 18.9. The quantitative estimate of drug-likeness (QED) is 0.680. The van der Waals surface area contributed by atoms with Gasteiger partial charge in [-0.1, -0.05) is 11.3 Å². The standard InChI is InChI=1S/C17H15FN2O4S2/c1-20-14-8-3-11(18)9-15(14)25-17(20)19-16(21)10-26(22,23)13-6-4-12(24-2)5-7-13/h3-9H,10H2,1-2H3. The van der Waals surface area contributed by atoms with Crippen LogP contribution in [0.5, 0.6) is 5.75 Å². The normalized spacial score (nSPS) is 12.5. The van der Waals surface area contributed by atoms with Crippen molar-refractivity contribution in [1.82, 2.24) is 4.57 Å². The van der Waals surface area contributed by atoms with Crippen molar-refractivity contribution in [2.24, 2.45) is 12.0 Å². The summed E-state index contributed by atoms with van der Waals surface area (Å²) in [7, 11) is -0.661. The molecule has 3 aromatic rings. The van der Waals surface area contributed by atoms with Crippen LogP contribution < -0.4 is 9.54 Å². The van der Waals surface area contributed by atoms with Crippen molar-refractivity contribution in [3.05, 3.63) is 53.1 Å². The molecule has 3 rings (SSSR count). The number of aryl methyl sites for hydroxylation is 1. The average molecular weight is 394 g/mol. The molecule has 0 unspecified atom stereocenters. The van der Waals surface area contributed by atoms with Crippen LogP contribution in [0.3, 0.4) is 0 Å². The number of hydrogen-bond donors (Lipinski definition) is 0. The molecule has 1 heterocycles. The van der Waals surface area contributed by atoms with Gasteiger partial charge in [0, 0.05) is 7.05 Å². The van der Waals surface area contributed by atoms with Gasteiger partial charge in [0.1, 0.15) is 17.3 Å². The molecule has 6 nitrogen and oxygen atoms in total. The first-order chi connectivity index (χ1) is 12.3. The number of carbonyl (C=O) groups is 1. The molecule has 136 valence electrons. The van der Waals surface area contributed by atoms with Gasteiger partial charge in [-0.05, 0) is 42.5 Å². The summed E-state index contributed by atoms with van der Waals surface area (Å²) in [6.07, 6.45) is 0. The topological polar surface area (TPSA) is 77.7 Å². The Hall–Kier alpha value is -2.52. The highest BCUT2D eigenvalue weighted by Crippen LogP contribution is 2.18. The molecule has 0 N–H and O–H groups in total. The summed E-state index contributed by atoms with van der Waals surface area (Å²) >= 11 is 1.12. The van der Waals surface area contributed by atoms with E-state index in [1.54, 1.807) is 17.7 Å². The Labute approximate surface area is 153 Å². The Morgan fingerprint density at radius 3 is 2.58 bits per heavy atom. The summed E-state index contributed by atoms with van der Waals surface area (Å²) in [6.45, 7) is 0. The third-order valence-corrected chi connectivity index (χ3v) is 6.44. The number of methoxy groups -OCH3 is 1. The van der Waals surface area contributed by atoms with Crippen LogP contribution in [0.25, 0.3) is 10.2 Å². The molecule has 0 aliphatic rings. The molecule has 0 saturated heterocycles. The first kappa shape index (κ1) is 18.3. The second kappa shape index (κ2) is 7.00. The number of rotatable bonds is 4. The van der Waals surface area contributed by atoms with E-state index in [9.17, 15) is 17.6 Å². The van der Waals surface area contributed by atoms with E-state index >= 15 is 0 Å². The van der Waals surface area contributed by atoms with Crippen LogP contribution in [0, 0.1) is 5.82 Å². The monoisotopic (exact) mass is 394 g/mol. The summed E-state index contributed by atoms with van der Waals surface area (Å²) < 4.78 is 45.3. The third kappa shape index (κ3) is 3.68. The summed E-state index contributed by atoms with van der Waals surface area (Å²) in [5.41, 5.74) is 0.709. The number of benzene rings is 2. The van der Waals surface area contributed by atoms with E-state index < -0.39 is 21.5 Å². The molecule has 0 aliphatic carbocycles. The Morgan fingerprint density at radius 1 is 1.23 bits per heavy atom. The number of hydrogen-bond acceptors (Lipinski definition) is 5. The number of halogens is 1. The number of amides is 1. The van der Waals surface area contributed by atoms with Gasteiger partial charge in [-0.3, -0.25) is 4.79 Å². The van der Waals surface area contributed by atoms with Gasteiger partial charge >= 0.3 is 0 Å². The van der Waals surface area contributed by atoms with Gasteiger partial charge in [-0.2, -0.15) is 4.99 Å². The van der Waals surface area contributed by atoms with Gasteiger partial charge in [0.15, 0.2) is 14.6 Å². The maximum absolute atomic E-state index is 13.3. The van der Waals surface area contributed by atoms with E-state index in [1.807, 2.05) is 0 Å². The summed E-state index contributed by atoms with van der Waals surface area (Å²) in [6, 6.07) is 10.0. The Bertz CT molecular complexity index is 1150. The minimum atomic E-state index is -3.82. The fraction of sp³-hybridized carbons (Fsp3) is 0.176. The molecule has 0 bridgehead atoms. The first-order valence-electron chi connectivity index (χ1n) is 7.49. The van der Waals surface area contributed by atoms with E-state index in [1.165, 1.54) is 43.5 Å². The number of carbonyl (C=O) groups excluding carboxylic acids is 1. The zero-order valence-electron chi connectivity index (χ0n) is 14.0. The second-order valence-electron chi connectivity index (χ2n) is 5.50. The van der Waals surface area contributed by atoms with Crippen LogP contribution in [0.4, 0.5) is 4.39 Å². The molecular weight excluding hydrogens is 379 g/mol. The fourth-order valence-corrected chi connectivity index (χ4v) is 4.55. The lowest BCUT2D eigenvalue weighted by Gasteiger charge is -2.03. The Morgan fingerprint density at radius 2 is 1.92 bits per heavy atom. The van der Waals surface area contributed by atoms with Crippen molar-refractivity contribution >= 4 is 37.3 Å². The molecule has 0 spiro atoms. The summed E-state index contributed by atoms with van der Waals surface area (Å²) in [4.78, 5) is 16.4. The van der Waals surface area contributed by atoms with E-state index in [0.29, 0.717) is 20.8 Å². The second-order valence-corrected chi connectivity index (χ2v) is 8.49. The van der Waals surface area contributed by atoms with Crippen LogP contribution in [0.1, 0.15) is 0 Å². The van der Waals surface area contributed by atoms with Crippen molar-refractivity contribution in [2.75, 3.05) is 12.9 Å². The molecule has 0 aliphatic heterocycles. The lowest BCUT2D eigenvalue weighted by atomic mass is 10.3. The van der Waals surface area contributed by atoms with Gasteiger partial charge in [-0.25, -0.2) is 12.8 Å². The molecule has 2 aromatic carbocycles. The highest BCUT2D eigenvalue weighted by atomic mass is 32.2. The molecule has 1 amide bonds. The molecular formula is C17H15FN2O4S2. The van der Waals surface area contributed by atoms with Gasteiger partial charge in [0.2, 0.25) is 0 Å². The number of nitrogens with zero attached hydrogens (tertiary/aromatic N) is 2. The number of ether oxygens (including phenoxy) is 1. The maximum atomic E-state index is 13.3. The number of sulfone groups is 1. The fourth-order valence-electron chi connectivity index (χ4n) is 2.38. The van der Waals surface area contributed by atoms with Crippen molar-refractivity contribution in [1.29, 1.82) is 0 Å². The van der Waals surface area contributed by atoms with E-state index in [0.717, 1.165) is 11.3 Å². The smallest absolute Gasteiger partial charge is 0.263 e. The van der Waals surface area contributed by atoms with E-state index in [4.69, 9.17) is 4.74 Å². The first-order valence-corrected chi connectivity index (χ1v) is 9.96. The molecule has 1 aromatic heterocycles. The molecule has 0 saturated carbocycles. The highest BCUT2D eigenvalue weighted by Gasteiger charge is 2.19. The molecule has 0 atom stereocenters. The van der Waals surface area contributed by atoms with Gasteiger partial charge < -0.3 is 9.30 Å². The predicted octanol–water partition coefficient (Wildman–Crippen LogP) is 2.29. The highest BCUT2D eigenvalue weighted by molar-refractivity contribution is 7.92. The minimum absolute atomic E-state index is 0.0182. The van der Waals surface area contributed by atoms with Gasteiger partial charge in [0.25, 0.3) is 5.91 Å². The Kier molecular flexibility index (Phi) is 4.92. The number of thiazole rings is 1. The van der Waals surface area contributed by atoms with Crippen LogP contribution in [0.2, 0.25) is 0 Å². The van der Waals surface area contributed by atoms with E-state index in [2.05, 4.69) is 4.99 Å². The van der Waals surface area contributed by atoms with Crippen molar-refractivity contribution in [3.63, 3.8) is 0 Å². The SMILES string of the molecule is COc1ccc(S(=O)(=O)CC(=O)N=c2sc3cc(F)ccc3n2C)cc1. The Balaban J connectivity index is 1.90. The van der Waals surface area contributed by atoms with Crippen LogP contribution in [-0.4, -0.2) is 31.8 Å². The number of fused-ring (bicyclic) bond motifs is 1. The summed E-state index contributed by atoms with van der Waals surface area (Å²) in [5.74, 6) is -1.41. The third-order valence-electron chi connectivity index (χ3n) is 3.72. The average Bonchev–Trinajstić information content (AvgIpc) is 2.89. The molecule has 9 heteroatoms. The minimum Gasteiger partial charge on any atom is -0.497 e. The lowest BCUT2D eigenvalue weighted by Crippen LogP contribution is -2.19. The van der Waals surface area contributed by atoms with Crippen LogP contribution >= 0.6 is 11.3 Å². The van der Waals surface area contributed by atoms with E-state index in [-0.39, 0.29) is 10.7 Å². The predicted molar refractivity (Wildman–Crippen MR) is 96.4 cm³/mol. The van der Waals surface area contributed by atoms with Gasteiger partial charge in [0.05, 0.1) is 22.2 Å². The maximum Gasteiger partial charge on any atom is 0.263 e. The molecule has 0 radical (unpaired) electrons. The van der Waals surface area contributed by atoms with Crippen molar-refractivity contribution < 1.29 is 22.3 Å². The molecule has 0 fully saturated rings. The lowest BCUT2D eigenvalue weighted by molar-refractivity contribution is -0.115. The van der Waals surface area contributed by atoms with Gasteiger partial charge in [-0.15, -0.1) is 0 Å². The number of aromatic nitrogens is 1. The zero-order valence-corrected chi connectivity index (χ0v) is 15.6. The largest absolute Gasteiger partial charge is 0.497 e. The van der Waals surface area contributed by atoms with Crippen molar-refractivity contribution in [2.45, 2.75) is 4.90 Å². The van der Waals surface area contributed by atoms with Crippen molar-refractivity contribution in [3.8, 4) is 5.75 Å². The molecule has 26 heavy (non-hydrogen) atoms. The van der Waals surface area contributed by atoms with Crippen LogP contribution in [-0.2, 0) is 21.7 Å². The van der Waals surface area contributed by atoms with Crippen LogP contribution in [0.15, 0.2) is 52.4 Å².